The van der Waals surface area contributed by atoms with Gasteiger partial charge in [0.1, 0.15) is 0 Å². The molecule has 0 radical (unpaired) electrons. The summed E-state index contributed by atoms with van der Waals surface area (Å²) in [5.41, 5.74) is 0.375. The summed E-state index contributed by atoms with van der Waals surface area (Å²) in [6.07, 6.45) is -7.83. The minimum atomic E-state index is -5.08. The van der Waals surface area contributed by atoms with Gasteiger partial charge in [-0.3, -0.25) is 4.79 Å². The molecule has 2 saturated heterocycles. The number of hydrogen-bond donors (Lipinski definition) is 3. The van der Waals surface area contributed by atoms with E-state index in [4.69, 9.17) is 14.6 Å². The first-order valence-electron chi connectivity index (χ1n) is 10.6. The highest BCUT2D eigenvalue weighted by Crippen LogP contribution is 2.36. The highest BCUT2D eigenvalue weighted by atomic mass is 19.4. The quantitative estimate of drug-likeness (QED) is 0.515. The van der Waals surface area contributed by atoms with Gasteiger partial charge in [0.15, 0.2) is 11.6 Å². The Balaban J connectivity index is 0.000000540. The van der Waals surface area contributed by atoms with Crippen molar-refractivity contribution >= 4 is 17.7 Å². The average Bonchev–Trinajstić information content (AvgIpc) is 3.32. The minimum absolute atomic E-state index is 0.0231. The SMILES string of the molecule is COc1nc(N2CCC(C(F)(F)F)CC2)c(F)cc1CNC(=O)C1CCCN1.O=C(O)C(F)(F)F. The van der Waals surface area contributed by atoms with Crippen molar-refractivity contribution in [3.63, 3.8) is 0 Å². The normalized spacial score (nSPS) is 19.1. The highest BCUT2D eigenvalue weighted by molar-refractivity contribution is 5.82. The first kappa shape index (κ1) is 28.4. The molecular weight excluding hydrogens is 493 g/mol. The molecule has 1 aromatic rings. The van der Waals surface area contributed by atoms with Gasteiger partial charge in [-0.15, -0.1) is 0 Å². The van der Waals surface area contributed by atoms with Crippen molar-refractivity contribution in [2.24, 2.45) is 5.92 Å². The maximum atomic E-state index is 14.6. The summed E-state index contributed by atoms with van der Waals surface area (Å²) in [4.78, 5) is 26.7. The van der Waals surface area contributed by atoms with Crippen LogP contribution in [0.5, 0.6) is 5.88 Å². The first-order chi connectivity index (χ1) is 16.2. The van der Waals surface area contributed by atoms with Crippen LogP contribution in [0, 0.1) is 11.7 Å². The maximum Gasteiger partial charge on any atom is 0.490 e. The number of aliphatic carboxylic acids is 1. The Bertz CT molecular complexity index is 881. The van der Waals surface area contributed by atoms with E-state index in [1.54, 1.807) is 0 Å². The van der Waals surface area contributed by atoms with Gasteiger partial charge in [0.05, 0.1) is 19.1 Å². The van der Waals surface area contributed by atoms with Gasteiger partial charge < -0.3 is 25.4 Å². The van der Waals surface area contributed by atoms with Gasteiger partial charge in [0, 0.05) is 25.2 Å². The lowest BCUT2D eigenvalue weighted by atomic mass is 9.96. The third kappa shape index (κ3) is 8.11. The van der Waals surface area contributed by atoms with E-state index in [1.807, 2.05) is 0 Å². The van der Waals surface area contributed by atoms with Gasteiger partial charge in [0.2, 0.25) is 11.8 Å². The fraction of sp³-hybridized carbons (Fsp3) is 0.650. The number of aromatic nitrogens is 1. The van der Waals surface area contributed by atoms with Crippen molar-refractivity contribution in [1.82, 2.24) is 15.6 Å². The van der Waals surface area contributed by atoms with Crippen LogP contribution in [0.2, 0.25) is 0 Å². The highest BCUT2D eigenvalue weighted by Gasteiger charge is 2.41. The van der Waals surface area contributed by atoms with Crippen LogP contribution in [-0.2, 0) is 16.1 Å². The Morgan fingerprint density at radius 2 is 1.80 bits per heavy atom. The maximum absolute atomic E-state index is 14.6. The van der Waals surface area contributed by atoms with E-state index in [9.17, 15) is 35.5 Å². The second kappa shape index (κ2) is 11.7. The molecule has 0 bridgehead atoms. The number of nitrogens with one attached hydrogen (secondary N) is 2. The van der Waals surface area contributed by atoms with E-state index in [0.717, 1.165) is 19.4 Å². The number of carbonyl (C=O) groups excluding carboxylic acids is 1. The summed E-state index contributed by atoms with van der Waals surface area (Å²) >= 11 is 0. The second-order valence-corrected chi connectivity index (χ2v) is 7.93. The number of rotatable bonds is 5. The Hall–Kier alpha value is -2.84. The number of carbonyl (C=O) groups is 2. The van der Waals surface area contributed by atoms with E-state index in [2.05, 4.69) is 15.6 Å². The molecule has 0 saturated carbocycles. The fourth-order valence-corrected chi connectivity index (χ4v) is 3.66. The van der Waals surface area contributed by atoms with E-state index in [0.29, 0.717) is 5.56 Å². The number of amides is 1. The Labute approximate surface area is 195 Å². The molecule has 1 atom stereocenters. The van der Waals surface area contributed by atoms with E-state index < -0.39 is 30.1 Å². The number of carboxylic acids is 1. The molecule has 15 heteroatoms. The summed E-state index contributed by atoms with van der Waals surface area (Å²) in [6.45, 7) is 0.985. The Morgan fingerprint density at radius 1 is 1.20 bits per heavy atom. The molecule has 2 fully saturated rings. The van der Waals surface area contributed by atoms with Crippen LogP contribution in [0.15, 0.2) is 6.07 Å². The molecule has 3 heterocycles. The van der Waals surface area contributed by atoms with Crippen molar-refractivity contribution in [2.75, 3.05) is 31.6 Å². The van der Waals surface area contributed by atoms with Crippen LogP contribution in [0.25, 0.3) is 0 Å². The van der Waals surface area contributed by atoms with Crippen molar-refractivity contribution in [3.05, 3.63) is 17.4 Å². The summed E-state index contributed by atoms with van der Waals surface area (Å²) in [5.74, 6) is -4.81. The largest absolute Gasteiger partial charge is 0.490 e. The number of anilines is 1. The Kier molecular flexibility index (Phi) is 9.52. The molecular formula is C20H25F7N4O4. The molecule has 3 N–H and O–H groups in total. The number of carboxylic acid groups (broad SMARTS) is 1. The molecule has 2 aliphatic heterocycles. The molecule has 1 unspecified atom stereocenters. The van der Waals surface area contributed by atoms with E-state index in [-0.39, 0.29) is 56.1 Å². The summed E-state index contributed by atoms with van der Waals surface area (Å²) in [7, 11) is 1.38. The predicted octanol–water partition coefficient (Wildman–Crippen LogP) is 3.01. The van der Waals surface area contributed by atoms with Crippen molar-refractivity contribution in [1.29, 1.82) is 0 Å². The van der Waals surface area contributed by atoms with Gasteiger partial charge in [-0.2, -0.15) is 31.3 Å². The Morgan fingerprint density at radius 3 is 2.26 bits per heavy atom. The molecule has 1 aromatic heterocycles. The smallest absolute Gasteiger partial charge is 0.481 e. The third-order valence-electron chi connectivity index (χ3n) is 5.52. The number of pyridine rings is 1. The molecule has 0 aliphatic carbocycles. The zero-order valence-electron chi connectivity index (χ0n) is 18.6. The van der Waals surface area contributed by atoms with Gasteiger partial charge in [-0.1, -0.05) is 0 Å². The summed E-state index contributed by atoms with van der Waals surface area (Å²) in [6, 6.07) is 0.970. The van der Waals surface area contributed by atoms with Crippen molar-refractivity contribution < 1.29 is 50.2 Å². The van der Waals surface area contributed by atoms with Gasteiger partial charge >= 0.3 is 18.3 Å². The standard InChI is InChI=1S/C18H24F4N4O2.C2HF3O2/c1-28-17-11(10-24-16(27)14-3-2-6-23-14)9-13(19)15(25-17)26-7-4-12(5-8-26)18(20,21)22;3-2(4,5)1(6)7/h9,12,14,23H,2-8,10H2,1H3,(H,24,27);(H,6,7). The molecule has 198 valence electrons. The lowest BCUT2D eigenvalue weighted by Crippen LogP contribution is -2.40. The van der Waals surface area contributed by atoms with Crippen LogP contribution in [0.1, 0.15) is 31.2 Å². The minimum Gasteiger partial charge on any atom is -0.481 e. The monoisotopic (exact) mass is 518 g/mol. The predicted molar refractivity (Wildman–Crippen MR) is 108 cm³/mol. The van der Waals surface area contributed by atoms with Crippen molar-refractivity contribution in [3.8, 4) is 5.88 Å². The molecule has 3 rings (SSSR count). The van der Waals surface area contributed by atoms with Gasteiger partial charge in [-0.25, -0.2) is 9.18 Å². The van der Waals surface area contributed by atoms with Crippen LogP contribution >= 0.6 is 0 Å². The van der Waals surface area contributed by atoms with Crippen LogP contribution in [0.3, 0.4) is 0 Å². The molecule has 0 aromatic carbocycles. The van der Waals surface area contributed by atoms with E-state index in [1.165, 1.54) is 18.1 Å². The topological polar surface area (TPSA) is 104 Å². The molecule has 8 nitrogen and oxygen atoms in total. The van der Waals surface area contributed by atoms with Gasteiger partial charge in [0.25, 0.3) is 0 Å². The third-order valence-corrected chi connectivity index (χ3v) is 5.52. The number of piperidine rings is 1. The average molecular weight is 518 g/mol. The number of halogens is 7. The summed E-state index contributed by atoms with van der Waals surface area (Å²) in [5, 5.41) is 12.9. The number of alkyl halides is 6. The molecule has 2 aliphatic rings. The lowest BCUT2D eigenvalue weighted by Gasteiger charge is -2.34. The number of ether oxygens (including phenoxy) is 1. The lowest BCUT2D eigenvalue weighted by molar-refractivity contribution is -0.192. The van der Waals surface area contributed by atoms with Gasteiger partial charge in [-0.05, 0) is 38.3 Å². The number of nitrogens with zero attached hydrogens (tertiary/aromatic N) is 2. The van der Waals surface area contributed by atoms with E-state index >= 15 is 0 Å². The van der Waals surface area contributed by atoms with Crippen LogP contribution in [-0.4, -0.2) is 67.1 Å². The van der Waals surface area contributed by atoms with Crippen molar-refractivity contribution in [2.45, 2.75) is 50.6 Å². The van der Waals surface area contributed by atoms with Crippen LogP contribution < -0.4 is 20.3 Å². The zero-order valence-corrected chi connectivity index (χ0v) is 18.6. The molecule has 35 heavy (non-hydrogen) atoms. The van der Waals surface area contributed by atoms with Crippen LogP contribution in [0.4, 0.5) is 36.6 Å². The molecule has 0 spiro atoms. The number of methoxy groups -OCH3 is 1. The summed E-state index contributed by atoms with van der Waals surface area (Å²) < 4.78 is 90.0. The fourth-order valence-electron chi connectivity index (χ4n) is 3.66. The number of hydrogen-bond acceptors (Lipinski definition) is 6. The first-order valence-corrected chi connectivity index (χ1v) is 10.6. The second-order valence-electron chi connectivity index (χ2n) is 7.93. The molecule has 1 amide bonds. The zero-order chi connectivity index (χ0) is 26.4.